The van der Waals surface area contributed by atoms with Crippen LogP contribution in [-0.2, 0) is 6.42 Å². The Balaban J connectivity index is 1.71. The van der Waals surface area contributed by atoms with Crippen LogP contribution in [0.4, 0.5) is 5.69 Å². The first-order valence-corrected chi connectivity index (χ1v) is 8.59. The number of hydrogen-bond donors (Lipinski definition) is 1. The zero-order valence-electron chi connectivity index (χ0n) is 14.6. The molecule has 0 aliphatic heterocycles. The second kappa shape index (κ2) is 7.75. The summed E-state index contributed by atoms with van der Waals surface area (Å²) in [6.45, 7) is 4.21. The minimum Gasteiger partial charge on any atom is -0.322 e. The van der Waals surface area contributed by atoms with Crippen LogP contribution in [0.15, 0.2) is 66.9 Å². The highest BCUT2D eigenvalue weighted by Gasteiger charge is 2.08. The Labute approximate surface area is 148 Å². The van der Waals surface area contributed by atoms with Gasteiger partial charge in [0.05, 0.1) is 11.3 Å². The average molecular weight is 330 g/mol. The second-order valence-corrected chi connectivity index (χ2v) is 6.15. The van der Waals surface area contributed by atoms with E-state index in [0.717, 1.165) is 29.8 Å². The number of hydrogen-bond acceptors (Lipinski definition) is 2. The number of anilines is 1. The molecule has 1 N–H and O–H groups in total. The number of nitrogens with zero attached hydrogens (tertiary/aromatic N) is 1. The molecule has 3 aromatic rings. The van der Waals surface area contributed by atoms with Gasteiger partial charge in [-0.2, -0.15) is 0 Å². The molecule has 0 unspecified atom stereocenters. The van der Waals surface area contributed by atoms with E-state index in [2.05, 4.69) is 42.3 Å². The van der Waals surface area contributed by atoms with Gasteiger partial charge in [0.25, 0.3) is 5.91 Å². The van der Waals surface area contributed by atoms with E-state index in [0.29, 0.717) is 5.56 Å². The van der Waals surface area contributed by atoms with E-state index in [1.807, 2.05) is 42.5 Å². The van der Waals surface area contributed by atoms with E-state index in [9.17, 15) is 4.79 Å². The monoisotopic (exact) mass is 330 g/mol. The van der Waals surface area contributed by atoms with Crippen molar-refractivity contribution in [1.29, 1.82) is 0 Å². The number of benzene rings is 2. The van der Waals surface area contributed by atoms with Crippen molar-refractivity contribution in [1.82, 2.24) is 4.98 Å². The third-order valence-corrected chi connectivity index (χ3v) is 4.20. The molecule has 0 fully saturated rings. The van der Waals surface area contributed by atoms with E-state index in [1.165, 1.54) is 11.1 Å². The minimum absolute atomic E-state index is 0.146. The van der Waals surface area contributed by atoms with Gasteiger partial charge in [-0.3, -0.25) is 9.78 Å². The summed E-state index contributed by atoms with van der Waals surface area (Å²) in [6, 6.07) is 19.8. The molecule has 3 rings (SSSR count). The summed E-state index contributed by atoms with van der Waals surface area (Å²) in [7, 11) is 0. The van der Waals surface area contributed by atoms with Crippen molar-refractivity contribution >= 4 is 11.6 Å². The van der Waals surface area contributed by atoms with Gasteiger partial charge in [-0.05, 0) is 48.7 Å². The van der Waals surface area contributed by atoms with Gasteiger partial charge in [0.15, 0.2) is 0 Å². The van der Waals surface area contributed by atoms with Crippen molar-refractivity contribution in [3.05, 3.63) is 83.6 Å². The number of amides is 1. The fraction of sp³-hybridized carbons (Fsp3) is 0.182. The minimum atomic E-state index is -0.146. The third-order valence-electron chi connectivity index (χ3n) is 4.20. The van der Waals surface area contributed by atoms with Crippen molar-refractivity contribution in [3.63, 3.8) is 0 Å². The Morgan fingerprint density at radius 2 is 1.76 bits per heavy atom. The summed E-state index contributed by atoms with van der Waals surface area (Å²) in [5.41, 5.74) is 5.76. The van der Waals surface area contributed by atoms with Crippen LogP contribution in [-0.4, -0.2) is 10.9 Å². The maximum absolute atomic E-state index is 12.4. The molecule has 0 aliphatic carbocycles. The van der Waals surface area contributed by atoms with Gasteiger partial charge in [0, 0.05) is 17.4 Å². The predicted molar refractivity (Wildman–Crippen MR) is 103 cm³/mol. The first-order valence-electron chi connectivity index (χ1n) is 8.59. The first kappa shape index (κ1) is 16.9. The number of carbonyl (C=O) groups is 1. The number of rotatable bonds is 5. The Bertz CT molecular complexity index is 852. The summed E-state index contributed by atoms with van der Waals surface area (Å²) in [5.74, 6) is -0.146. The quantitative estimate of drug-likeness (QED) is 0.693. The molecule has 0 saturated carbocycles. The number of carbonyl (C=O) groups excluding carboxylic acids is 1. The van der Waals surface area contributed by atoms with Gasteiger partial charge in [-0.15, -0.1) is 0 Å². The Kier molecular flexibility index (Phi) is 5.24. The molecule has 126 valence electrons. The van der Waals surface area contributed by atoms with Gasteiger partial charge in [-0.1, -0.05) is 49.7 Å². The molecule has 3 heteroatoms. The first-order chi connectivity index (χ1) is 12.2. The summed E-state index contributed by atoms with van der Waals surface area (Å²) < 4.78 is 0. The lowest BCUT2D eigenvalue weighted by atomic mass is 10.0. The number of nitrogens with one attached hydrogen (secondary N) is 1. The highest BCUT2D eigenvalue weighted by atomic mass is 16.1. The molecular formula is C22H22N2O. The molecule has 0 aliphatic rings. The van der Waals surface area contributed by atoms with Crippen LogP contribution in [0, 0.1) is 6.92 Å². The zero-order chi connectivity index (χ0) is 17.6. The van der Waals surface area contributed by atoms with Gasteiger partial charge in [-0.25, -0.2) is 0 Å². The summed E-state index contributed by atoms with van der Waals surface area (Å²) in [4.78, 5) is 16.8. The van der Waals surface area contributed by atoms with Crippen LogP contribution in [0.2, 0.25) is 0 Å². The smallest absolute Gasteiger partial charge is 0.257 e. The van der Waals surface area contributed by atoms with Crippen LogP contribution < -0.4 is 5.32 Å². The highest BCUT2D eigenvalue weighted by Crippen LogP contribution is 2.21. The van der Waals surface area contributed by atoms with E-state index < -0.39 is 0 Å². The Hall–Kier alpha value is -2.94. The molecule has 0 bridgehead atoms. The molecule has 0 saturated heterocycles. The predicted octanol–water partition coefficient (Wildman–Crippen LogP) is 5.26. The van der Waals surface area contributed by atoms with Gasteiger partial charge in [0.2, 0.25) is 0 Å². The van der Waals surface area contributed by atoms with Crippen LogP contribution in [0.3, 0.4) is 0 Å². The van der Waals surface area contributed by atoms with Crippen molar-refractivity contribution in [2.24, 2.45) is 0 Å². The molecule has 1 amide bonds. The molecule has 0 atom stereocenters. The van der Waals surface area contributed by atoms with E-state index in [-0.39, 0.29) is 5.91 Å². The lowest BCUT2D eigenvalue weighted by molar-refractivity contribution is 0.102. The van der Waals surface area contributed by atoms with Crippen molar-refractivity contribution < 1.29 is 4.79 Å². The molecule has 2 aromatic carbocycles. The summed E-state index contributed by atoms with van der Waals surface area (Å²) >= 11 is 0. The van der Waals surface area contributed by atoms with E-state index >= 15 is 0 Å². The second-order valence-electron chi connectivity index (χ2n) is 6.15. The van der Waals surface area contributed by atoms with E-state index in [1.54, 1.807) is 6.20 Å². The molecule has 3 nitrogen and oxygen atoms in total. The van der Waals surface area contributed by atoms with Crippen molar-refractivity contribution in [2.45, 2.75) is 26.7 Å². The fourth-order valence-corrected chi connectivity index (χ4v) is 2.79. The summed E-state index contributed by atoms with van der Waals surface area (Å²) in [6.07, 6.45) is 3.80. The molecular weight excluding hydrogens is 308 g/mol. The van der Waals surface area contributed by atoms with Gasteiger partial charge in [0.1, 0.15) is 0 Å². The molecule has 1 heterocycles. The SMILES string of the molecule is CCCc1ccc(NC(=O)c2ccc(-c3ccccc3C)nc2)cc1. The maximum Gasteiger partial charge on any atom is 0.257 e. The molecule has 25 heavy (non-hydrogen) atoms. The van der Waals surface area contributed by atoms with Gasteiger partial charge >= 0.3 is 0 Å². The van der Waals surface area contributed by atoms with Gasteiger partial charge < -0.3 is 5.32 Å². The average Bonchev–Trinajstić information content (AvgIpc) is 2.64. The standard InChI is InChI=1S/C22H22N2O/c1-3-6-17-9-12-19(13-10-17)24-22(25)18-11-14-21(23-15-18)20-8-5-4-7-16(20)2/h4-5,7-15H,3,6H2,1-2H3,(H,24,25). The summed E-state index contributed by atoms with van der Waals surface area (Å²) in [5, 5.41) is 2.92. The Morgan fingerprint density at radius 1 is 1.00 bits per heavy atom. The lowest BCUT2D eigenvalue weighted by Crippen LogP contribution is -2.12. The largest absolute Gasteiger partial charge is 0.322 e. The van der Waals surface area contributed by atoms with Crippen LogP contribution in [0.5, 0.6) is 0 Å². The number of aromatic nitrogens is 1. The normalized spacial score (nSPS) is 10.5. The zero-order valence-corrected chi connectivity index (χ0v) is 14.6. The number of pyridine rings is 1. The van der Waals surface area contributed by atoms with Crippen LogP contribution >= 0.6 is 0 Å². The fourth-order valence-electron chi connectivity index (χ4n) is 2.79. The Morgan fingerprint density at radius 3 is 2.40 bits per heavy atom. The van der Waals surface area contributed by atoms with E-state index in [4.69, 9.17) is 0 Å². The highest BCUT2D eigenvalue weighted by molar-refractivity contribution is 6.04. The lowest BCUT2D eigenvalue weighted by Gasteiger charge is -2.08. The topological polar surface area (TPSA) is 42.0 Å². The molecule has 0 radical (unpaired) electrons. The van der Waals surface area contributed by atoms with Crippen molar-refractivity contribution in [3.8, 4) is 11.3 Å². The third kappa shape index (κ3) is 4.13. The number of aryl methyl sites for hydroxylation is 2. The van der Waals surface area contributed by atoms with Crippen LogP contribution in [0.25, 0.3) is 11.3 Å². The maximum atomic E-state index is 12.4. The van der Waals surface area contributed by atoms with Crippen LogP contribution in [0.1, 0.15) is 34.8 Å². The molecule has 1 aromatic heterocycles. The molecule has 0 spiro atoms. The van der Waals surface area contributed by atoms with Crippen molar-refractivity contribution in [2.75, 3.05) is 5.32 Å².